The van der Waals surface area contributed by atoms with E-state index < -0.39 is 0 Å². The van der Waals surface area contributed by atoms with E-state index in [0.717, 1.165) is 62.3 Å². The summed E-state index contributed by atoms with van der Waals surface area (Å²) in [7, 11) is 3.90. The number of hydrogen-bond acceptors (Lipinski definition) is 9. The van der Waals surface area contributed by atoms with Crippen LogP contribution in [0.25, 0.3) is 0 Å². The van der Waals surface area contributed by atoms with Crippen LogP contribution in [0.1, 0.15) is 57.8 Å². The Bertz CT molecular complexity index is 492. The first-order valence-corrected chi connectivity index (χ1v) is 15.7. The second-order valence-corrected chi connectivity index (χ2v) is 12.1. The Morgan fingerprint density at radius 2 is 1.45 bits per heavy atom. The van der Waals surface area contributed by atoms with Crippen molar-refractivity contribution in [2.24, 2.45) is 0 Å². The van der Waals surface area contributed by atoms with E-state index in [1.165, 1.54) is 23.5 Å². The molecule has 31 heavy (non-hydrogen) atoms. The number of rotatable bonds is 20. The van der Waals surface area contributed by atoms with Gasteiger partial charge in [-0.05, 0) is 70.2 Å². The molecule has 182 valence electrons. The average Bonchev–Trinajstić information content (AvgIpc) is 2.71. The fourth-order valence-corrected chi connectivity index (χ4v) is 5.75. The Morgan fingerprint density at radius 3 is 2.06 bits per heavy atom. The minimum Gasteiger partial charge on any atom is -0.464 e. The molecule has 0 heterocycles. The quantitative estimate of drug-likeness (QED) is 0.162. The van der Waals surface area contributed by atoms with Crippen LogP contribution in [0.4, 0.5) is 0 Å². The molecule has 0 aliphatic heterocycles. The maximum absolute atomic E-state index is 12.3. The van der Waals surface area contributed by atoms with Crippen LogP contribution < -0.4 is 0 Å². The average molecular weight is 512 g/mol. The van der Waals surface area contributed by atoms with Crippen LogP contribution in [0, 0.1) is 0 Å². The van der Waals surface area contributed by atoms with E-state index in [4.69, 9.17) is 4.74 Å². The molecule has 1 unspecified atom stereocenters. The highest BCUT2D eigenvalue weighted by Gasteiger charge is 2.16. The zero-order valence-corrected chi connectivity index (χ0v) is 23.0. The van der Waals surface area contributed by atoms with Crippen LogP contribution in [0.15, 0.2) is 0 Å². The molecule has 0 fully saturated rings. The largest absolute Gasteiger partial charge is 0.464 e. The van der Waals surface area contributed by atoms with E-state index in [1.54, 1.807) is 23.5 Å². The monoisotopic (exact) mass is 511 g/mol. The lowest BCUT2D eigenvalue weighted by Gasteiger charge is -2.15. The predicted molar refractivity (Wildman–Crippen MR) is 142 cm³/mol. The summed E-state index contributed by atoms with van der Waals surface area (Å²) in [5, 5.41) is 0.723. The third-order valence-electron chi connectivity index (χ3n) is 4.42. The Morgan fingerprint density at radius 1 is 0.806 bits per heavy atom. The molecule has 0 aromatic carbocycles. The van der Waals surface area contributed by atoms with Gasteiger partial charge in [-0.2, -0.15) is 23.5 Å². The Labute approximate surface area is 206 Å². The van der Waals surface area contributed by atoms with E-state index in [0.29, 0.717) is 25.9 Å². The molecule has 0 spiro atoms. The van der Waals surface area contributed by atoms with E-state index in [9.17, 15) is 14.4 Å². The van der Waals surface area contributed by atoms with Crippen molar-refractivity contribution in [1.29, 1.82) is 0 Å². The van der Waals surface area contributed by atoms with E-state index in [1.807, 2.05) is 19.0 Å². The van der Waals surface area contributed by atoms with Crippen molar-refractivity contribution >= 4 is 63.2 Å². The summed E-state index contributed by atoms with van der Waals surface area (Å²) in [6, 6.07) is 0. The van der Waals surface area contributed by atoms with Gasteiger partial charge in [0.1, 0.15) is 6.61 Å². The van der Waals surface area contributed by atoms with Gasteiger partial charge >= 0.3 is 5.97 Å². The molecule has 5 nitrogen and oxygen atoms in total. The SMILES string of the molecule is CSCCCC(=O)SCCC(CCCCC(=O)OCCN(C)C)SC(=O)CCCSC. The van der Waals surface area contributed by atoms with E-state index in [-0.39, 0.29) is 21.4 Å². The van der Waals surface area contributed by atoms with Gasteiger partial charge in [-0.25, -0.2) is 0 Å². The van der Waals surface area contributed by atoms with Gasteiger partial charge in [0.15, 0.2) is 10.2 Å². The van der Waals surface area contributed by atoms with Gasteiger partial charge in [-0.15, -0.1) is 0 Å². The van der Waals surface area contributed by atoms with E-state index >= 15 is 0 Å². The molecular weight excluding hydrogens is 471 g/mol. The molecule has 0 saturated heterocycles. The molecule has 0 aromatic rings. The second kappa shape index (κ2) is 22.0. The molecule has 0 aliphatic rings. The maximum Gasteiger partial charge on any atom is 0.305 e. The van der Waals surface area contributed by atoms with Gasteiger partial charge < -0.3 is 9.64 Å². The first kappa shape index (κ1) is 31.2. The van der Waals surface area contributed by atoms with Crippen LogP contribution in [0.5, 0.6) is 0 Å². The number of nitrogens with zero attached hydrogens (tertiary/aromatic N) is 1. The molecule has 0 radical (unpaired) electrons. The summed E-state index contributed by atoms with van der Waals surface area (Å²) in [5.41, 5.74) is 0. The molecule has 9 heteroatoms. The summed E-state index contributed by atoms with van der Waals surface area (Å²) >= 11 is 6.38. The van der Waals surface area contributed by atoms with Crippen molar-refractivity contribution < 1.29 is 19.1 Å². The maximum atomic E-state index is 12.3. The zero-order chi connectivity index (χ0) is 23.3. The smallest absolute Gasteiger partial charge is 0.305 e. The highest BCUT2D eigenvalue weighted by atomic mass is 32.2. The second-order valence-electron chi connectivity index (χ2n) is 7.58. The van der Waals surface area contributed by atoms with Crippen LogP contribution in [0.3, 0.4) is 0 Å². The number of esters is 1. The summed E-state index contributed by atoms with van der Waals surface area (Å²) < 4.78 is 5.23. The summed E-state index contributed by atoms with van der Waals surface area (Å²) in [4.78, 5) is 38.1. The van der Waals surface area contributed by atoms with Gasteiger partial charge in [0.05, 0.1) is 0 Å². The van der Waals surface area contributed by atoms with Crippen molar-refractivity contribution in [3.8, 4) is 0 Å². The van der Waals surface area contributed by atoms with Crippen molar-refractivity contribution in [2.45, 2.75) is 63.0 Å². The molecule has 0 aromatic heterocycles. The van der Waals surface area contributed by atoms with Crippen LogP contribution in [-0.4, -0.2) is 83.4 Å². The summed E-state index contributed by atoms with van der Waals surface area (Å²) in [6.45, 7) is 1.16. The van der Waals surface area contributed by atoms with Crippen LogP contribution >= 0.6 is 47.0 Å². The Hall–Kier alpha value is 0.170. The summed E-state index contributed by atoms with van der Waals surface area (Å²) in [6.07, 6.45) is 11.0. The minimum absolute atomic E-state index is 0.148. The third kappa shape index (κ3) is 21.8. The van der Waals surface area contributed by atoms with Gasteiger partial charge in [-0.3, -0.25) is 14.4 Å². The lowest BCUT2D eigenvalue weighted by atomic mass is 10.1. The normalized spacial score (nSPS) is 12.2. The van der Waals surface area contributed by atoms with Crippen molar-refractivity contribution in [1.82, 2.24) is 4.90 Å². The molecule has 0 bridgehead atoms. The number of hydrogen-bond donors (Lipinski definition) is 0. The highest BCUT2D eigenvalue weighted by molar-refractivity contribution is 8.14. The first-order valence-electron chi connectivity index (χ1n) is 11.0. The number of likely N-dealkylation sites (N-methyl/N-ethyl adjacent to an activating group) is 1. The summed E-state index contributed by atoms with van der Waals surface area (Å²) in [5.74, 6) is 2.64. The van der Waals surface area contributed by atoms with Crippen molar-refractivity contribution in [2.75, 3.05) is 57.0 Å². The molecule has 1 atom stereocenters. The van der Waals surface area contributed by atoms with Crippen molar-refractivity contribution in [3.05, 3.63) is 0 Å². The molecule has 0 rings (SSSR count). The molecule has 0 amide bonds. The third-order valence-corrected chi connectivity index (χ3v) is 8.05. The van der Waals surface area contributed by atoms with Crippen molar-refractivity contribution in [3.63, 3.8) is 0 Å². The number of unbranched alkanes of at least 4 members (excludes halogenated alkanes) is 1. The standard InChI is InChI=1S/C22H41NO4S4/c1-23(2)14-15-27-20(24)10-6-5-9-19(31-22(26)12-8-17-29-4)13-18-30-21(25)11-7-16-28-3/h19H,5-18H2,1-4H3. The number of ether oxygens (including phenoxy) is 1. The van der Waals surface area contributed by atoms with Gasteiger partial charge in [-0.1, -0.05) is 29.9 Å². The van der Waals surface area contributed by atoms with Crippen LogP contribution in [0.2, 0.25) is 0 Å². The lowest BCUT2D eigenvalue weighted by molar-refractivity contribution is -0.144. The Kier molecular flexibility index (Phi) is 22.1. The topological polar surface area (TPSA) is 63.7 Å². The lowest BCUT2D eigenvalue weighted by Crippen LogP contribution is -2.20. The minimum atomic E-state index is -0.148. The number of thioether (sulfide) groups is 4. The molecule has 0 saturated carbocycles. The zero-order valence-electron chi connectivity index (χ0n) is 19.7. The predicted octanol–water partition coefficient (Wildman–Crippen LogP) is 5.22. The molecule has 0 N–H and O–H groups in total. The highest BCUT2D eigenvalue weighted by Crippen LogP contribution is 2.26. The fourth-order valence-electron chi connectivity index (χ4n) is 2.66. The number of carbonyl (C=O) groups excluding carboxylic acids is 3. The van der Waals surface area contributed by atoms with Gasteiger partial charge in [0.2, 0.25) is 0 Å². The first-order chi connectivity index (χ1) is 14.9. The fraction of sp³-hybridized carbons (Fsp3) is 0.864. The van der Waals surface area contributed by atoms with Gasteiger partial charge in [0, 0.05) is 36.8 Å². The Balaban J connectivity index is 4.26. The van der Waals surface area contributed by atoms with Gasteiger partial charge in [0.25, 0.3) is 0 Å². The molecular formula is C22H41NO4S4. The van der Waals surface area contributed by atoms with E-state index in [2.05, 4.69) is 12.5 Å². The van der Waals surface area contributed by atoms with Crippen LogP contribution in [-0.2, 0) is 19.1 Å². The number of carbonyl (C=O) groups is 3. The molecule has 0 aliphatic carbocycles.